The number of benzene rings is 1. The highest BCUT2D eigenvalue weighted by molar-refractivity contribution is 5.39. The Morgan fingerprint density at radius 1 is 1.29 bits per heavy atom. The summed E-state index contributed by atoms with van der Waals surface area (Å²) < 4.78 is 14.6. The first-order valence-corrected chi connectivity index (χ1v) is 5.59. The zero-order valence-electron chi connectivity index (χ0n) is 10.2. The van der Waals surface area contributed by atoms with Gasteiger partial charge in [-0.05, 0) is 31.5 Å². The van der Waals surface area contributed by atoms with E-state index in [1.165, 1.54) is 12.1 Å². The molecule has 1 N–H and O–H groups in total. The number of hydrogen-bond acceptors (Lipinski definition) is 2. The molecule has 17 heavy (non-hydrogen) atoms. The lowest BCUT2D eigenvalue weighted by molar-refractivity contribution is 0.626. The molecule has 3 nitrogen and oxygen atoms in total. The van der Waals surface area contributed by atoms with Crippen LogP contribution in [0.3, 0.4) is 0 Å². The molecule has 1 unspecified atom stereocenters. The normalized spacial score (nSPS) is 12.5. The summed E-state index contributed by atoms with van der Waals surface area (Å²) >= 11 is 0. The van der Waals surface area contributed by atoms with Crippen molar-refractivity contribution in [3.8, 4) is 0 Å². The highest BCUT2D eigenvalue weighted by atomic mass is 19.1. The molecule has 90 valence electrons. The van der Waals surface area contributed by atoms with Crippen molar-refractivity contribution in [1.29, 1.82) is 0 Å². The Morgan fingerprint density at radius 3 is 2.47 bits per heavy atom. The number of nitrogens with zero attached hydrogens (tertiary/aromatic N) is 2. The second kappa shape index (κ2) is 4.57. The van der Waals surface area contributed by atoms with E-state index < -0.39 is 0 Å². The highest BCUT2D eigenvalue weighted by Gasteiger charge is 2.08. The van der Waals surface area contributed by atoms with Crippen molar-refractivity contribution < 1.29 is 4.39 Å². The molecule has 0 amide bonds. The molecule has 1 atom stereocenters. The van der Waals surface area contributed by atoms with E-state index in [0.29, 0.717) is 0 Å². The second-order valence-electron chi connectivity index (χ2n) is 4.21. The van der Waals surface area contributed by atoms with Crippen molar-refractivity contribution in [2.24, 2.45) is 7.05 Å². The van der Waals surface area contributed by atoms with Gasteiger partial charge in [0.1, 0.15) is 11.6 Å². The Morgan fingerprint density at radius 2 is 1.94 bits per heavy atom. The Bertz CT molecular complexity index is 482. The Hall–Kier alpha value is -1.84. The molecule has 1 aromatic heterocycles. The summed E-state index contributed by atoms with van der Waals surface area (Å²) in [7, 11) is 1.91. The van der Waals surface area contributed by atoms with Crippen LogP contribution in [0.5, 0.6) is 0 Å². The van der Waals surface area contributed by atoms with Gasteiger partial charge >= 0.3 is 0 Å². The van der Waals surface area contributed by atoms with Gasteiger partial charge in [0, 0.05) is 18.8 Å². The van der Waals surface area contributed by atoms with E-state index in [4.69, 9.17) is 0 Å². The Kier molecular flexibility index (Phi) is 3.13. The van der Waals surface area contributed by atoms with E-state index in [-0.39, 0.29) is 11.9 Å². The lowest BCUT2D eigenvalue weighted by Crippen LogP contribution is -2.07. The Balaban J connectivity index is 2.11. The molecule has 2 aromatic rings. The van der Waals surface area contributed by atoms with Gasteiger partial charge in [-0.25, -0.2) is 4.39 Å². The SMILES string of the molecule is Cc1cc(NC(C)c2ccc(F)cc2)nn1C. The van der Waals surface area contributed by atoms with Crippen LogP contribution in [0.1, 0.15) is 24.2 Å². The van der Waals surface area contributed by atoms with Gasteiger partial charge in [-0.2, -0.15) is 5.10 Å². The van der Waals surface area contributed by atoms with Crippen LogP contribution in [0.25, 0.3) is 0 Å². The van der Waals surface area contributed by atoms with Crippen LogP contribution in [0, 0.1) is 12.7 Å². The fraction of sp³-hybridized carbons (Fsp3) is 0.308. The summed E-state index contributed by atoms with van der Waals surface area (Å²) in [6, 6.07) is 8.59. The maximum Gasteiger partial charge on any atom is 0.148 e. The van der Waals surface area contributed by atoms with Crippen molar-refractivity contribution >= 4 is 5.82 Å². The van der Waals surface area contributed by atoms with Crippen LogP contribution in [-0.4, -0.2) is 9.78 Å². The Labute approximate surface area is 100 Å². The van der Waals surface area contributed by atoms with Gasteiger partial charge in [0.05, 0.1) is 6.04 Å². The molecule has 0 aliphatic heterocycles. The monoisotopic (exact) mass is 233 g/mol. The van der Waals surface area contributed by atoms with Crippen LogP contribution in [0.2, 0.25) is 0 Å². The van der Waals surface area contributed by atoms with Gasteiger partial charge in [-0.3, -0.25) is 4.68 Å². The average Bonchev–Trinajstić information content (AvgIpc) is 2.58. The van der Waals surface area contributed by atoms with Gasteiger partial charge in [-0.15, -0.1) is 0 Å². The smallest absolute Gasteiger partial charge is 0.148 e. The third-order valence-electron chi connectivity index (χ3n) is 2.85. The summed E-state index contributed by atoms with van der Waals surface area (Å²) in [6.45, 7) is 4.03. The number of nitrogens with one attached hydrogen (secondary N) is 1. The lowest BCUT2D eigenvalue weighted by Gasteiger charge is -2.13. The minimum atomic E-state index is -0.213. The minimum Gasteiger partial charge on any atom is -0.362 e. The first-order chi connectivity index (χ1) is 8.06. The van der Waals surface area contributed by atoms with Crippen LogP contribution in [0.4, 0.5) is 10.2 Å². The molecular formula is C13H16FN3. The van der Waals surface area contributed by atoms with Crippen LogP contribution < -0.4 is 5.32 Å². The van der Waals surface area contributed by atoms with Crippen LogP contribution in [-0.2, 0) is 7.05 Å². The molecule has 0 fully saturated rings. The van der Waals surface area contributed by atoms with E-state index in [1.807, 2.05) is 31.6 Å². The van der Waals surface area contributed by atoms with Crippen molar-refractivity contribution in [2.75, 3.05) is 5.32 Å². The highest BCUT2D eigenvalue weighted by Crippen LogP contribution is 2.18. The quantitative estimate of drug-likeness (QED) is 0.883. The molecule has 0 aliphatic carbocycles. The molecule has 0 saturated heterocycles. The van der Waals surface area contributed by atoms with E-state index in [1.54, 1.807) is 12.1 Å². The molecule has 0 spiro atoms. The van der Waals surface area contributed by atoms with E-state index in [2.05, 4.69) is 10.4 Å². The van der Waals surface area contributed by atoms with Gasteiger partial charge in [0.15, 0.2) is 0 Å². The molecule has 1 aromatic carbocycles. The number of aromatic nitrogens is 2. The van der Waals surface area contributed by atoms with Gasteiger partial charge in [0.25, 0.3) is 0 Å². The molecule has 4 heteroatoms. The van der Waals surface area contributed by atoms with Crippen LogP contribution >= 0.6 is 0 Å². The molecule has 0 saturated carbocycles. The summed E-state index contributed by atoms with van der Waals surface area (Å²) in [6.07, 6.45) is 0. The standard InChI is InChI=1S/C13H16FN3/c1-9-8-13(16-17(9)3)15-10(2)11-4-6-12(14)7-5-11/h4-8,10H,1-3H3,(H,15,16). The molecule has 1 heterocycles. The van der Waals surface area contributed by atoms with Crippen molar-refractivity contribution in [2.45, 2.75) is 19.9 Å². The first-order valence-electron chi connectivity index (χ1n) is 5.59. The van der Waals surface area contributed by atoms with E-state index in [0.717, 1.165) is 17.1 Å². The molecule has 0 radical (unpaired) electrons. The zero-order chi connectivity index (χ0) is 12.4. The van der Waals surface area contributed by atoms with Crippen molar-refractivity contribution in [1.82, 2.24) is 9.78 Å². The predicted octanol–water partition coefficient (Wildman–Crippen LogP) is 3.04. The van der Waals surface area contributed by atoms with Crippen molar-refractivity contribution in [3.05, 3.63) is 47.4 Å². The number of hydrogen-bond donors (Lipinski definition) is 1. The third kappa shape index (κ3) is 2.64. The maximum absolute atomic E-state index is 12.8. The molecule has 2 rings (SSSR count). The summed E-state index contributed by atoms with van der Waals surface area (Å²) in [5.74, 6) is 0.622. The van der Waals surface area contributed by atoms with Crippen LogP contribution in [0.15, 0.2) is 30.3 Å². The largest absolute Gasteiger partial charge is 0.362 e. The predicted molar refractivity (Wildman–Crippen MR) is 66.4 cm³/mol. The van der Waals surface area contributed by atoms with E-state index >= 15 is 0 Å². The summed E-state index contributed by atoms with van der Waals surface area (Å²) in [5.41, 5.74) is 2.13. The number of halogens is 1. The summed E-state index contributed by atoms with van der Waals surface area (Å²) in [5, 5.41) is 7.61. The summed E-state index contributed by atoms with van der Waals surface area (Å²) in [4.78, 5) is 0. The number of rotatable bonds is 3. The number of aryl methyl sites for hydroxylation is 2. The second-order valence-corrected chi connectivity index (χ2v) is 4.21. The van der Waals surface area contributed by atoms with Gasteiger partial charge in [0.2, 0.25) is 0 Å². The van der Waals surface area contributed by atoms with E-state index in [9.17, 15) is 4.39 Å². The first kappa shape index (κ1) is 11.6. The zero-order valence-corrected chi connectivity index (χ0v) is 10.2. The molecule has 0 aliphatic rings. The molecule has 0 bridgehead atoms. The van der Waals surface area contributed by atoms with Crippen molar-refractivity contribution in [3.63, 3.8) is 0 Å². The fourth-order valence-corrected chi connectivity index (χ4v) is 1.69. The number of anilines is 1. The minimum absolute atomic E-state index is 0.102. The van der Waals surface area contributed by atoms with Gasteiger partial charge in [-0.1, -0.05) is 12.1 Å². The third-order valence-corrected chi connectivity index (χ3v) is 2.85. The fourth-order valence-electron chi connectivity index (χ4n) is 1.69. The average molecular weight is 233 g/mol. The van der Waals surface area contributed by atoms with Gasteiger partial charge < -0.3 is 5.32 Å². The topological polar surface area (TPSA) is 29.9 Å². The molecular weight excluding hydrogens is 217 g/mol. The maximum atomic E-state index is 12.8. The lowest BCUT2D eigenvalue weighted by atomic mass is 10.1.